The lowest BCUT2D eigenvalue weighted by Gasteiger charge is -2.31. The van der Waals surface area contributed by atoms with E-state index in [2.05, 4.69) is 5.32 Å². The normalized spacial score (nSPS) is 30.3. The molecule has 3 heterocycles. The van der Waals surface area contributed by atoms with Crippen LogP contribution < -0.4 is 10.2 Å². The molecule has 1 aromatic carbocycles. The van der Waals surface area contributed by atoms with Crippen molar-refractivity contribution in [3.8, 4) is 0 Å². The Morgan fingerprint density at radius 3 is 2.34 bits per heavy atom. The average molecular weight is 396 g/mol. The van der Waals surface area contributed by atoms with Gasteiger partial charge in [0, 0.05) is 5.41 Å². The van der Waals surface area contributed by atoms with E-state index < -0.39 is 29.0 Å². The average Bonchev–Trinajstić information content (AvgIpc) is 3.24. The molecule has 0 unspecified atom stereocenters. The SMILES string of the molecule is Cc1cc(C)c(N2C(=O)[C@H]3[C@H]4C=C[C@@](CNC(=O)C(C)(C)C)(O4)[C@H]3C2=O)c(C)c1. The van der Waals surface area contributed by atoms with Crippen molar-refractivity contribution >= 4 is 23.4 Å². The molecule has 3 amide bonds. The summed E-state index contributed by atoms with van der Waals surface area (Å²) in [5, 5.41) is 2.92. The molecule has 1 aromatic rings. The quantitative estimate of drug-likeness (QED) is 0.629. The van der Waals surface area contributed by atoms with Crippen molar-refractivity contribution in [1.82, 2.24) is 5.32 Å². The Morgan fingerprint density at radius 1 is 1.14 bits per heavy atom. The van der Waals surface area contributed by atoms with Crippen LogP contribution in [0.15, 0.2) is 24.3 Å². The smallest absolute Gasteiger partial charge is 0.241 e. The lowest BCUT2D eigenvalue weighted by atomic mass is 9.76. The third-order valence-electron chi connectivity index (χ3n) is 6.22. The number of nitrogens with one attached hydrogen (secondary N) is 1. The molecule has 6 nitrogen and oxygen atoms in total. The summed E-state index contributed by atoms with van der Waals surface area (Å²) in [5.74, 6) is -1.74. The summed E-state index contributed by atoms with van der Waals surface area (Å²) in [6.07, 6.45) is 3.28. The Kier molecular flexibility index (Phi) is 4.28. The van der Waals surface area contributed by atoms with Crippen LogP contribution in [0.4, 0.5) is 5.69 Å². The molecule has 2 bridgehead atoms. The first-order valence-corrected chi connectivity index (χ1v) is 10.1. The number of carbonyl (C=O) groups is 3. The van der Waals surface area contributed by atoms with Gasteiger partial charge in [-0.2, -0.15) is 0 Å². The van der Waals surface area contributed by atoms with Crippen molar-refractivity contribution in [3.63, 3.8) is 0 Å². The standard InChI is InChI=1S/C23H28N2O4/c1-12-9-13(2)18(14(3)10-12)25-19(26)16-15-7-8-23(29-15,17(16)20(25)27)11-24-21(28)22(4,5)6/h7-10,15-17H,11H2,1-6H3,(H,24,28)/t15-,16+,17-,23+/m1/s1. The summed E-state index contributed by atoms with van der Waals surface area (Å²) in [4.78, 5) is 40.6. The number of amides is 3. The topological polar surface area (TPSA) is 75.7 Å². The number of ether oxygens (including phenoxy) is 1. The van der Waals surface area contributed by atoms with Gasteiger partial charge in [-0.25, -0.2) is 4.90 Å². The van der Waals surface area contributed by atoms with Gasteiger partial charge in [-0.05, 0) is 31.9 Å². The predicted octanol–water partition coefficient (Wildman–Crippen LogP) is 2.59. The molecule has 154 valence electrons. The highest BCUT2D eigenvalue weighted by atomic mass is 16.5. The van der Waals surface area contributed by atoms with E-state index in [1.165, 1.54) is 4.90 Å². The van der Waals surface area contributed by atoms with E-state index in [-0.39, 0.29) is 24.3 Å². The van der Waals surface area contributed by atoms with E-state index in [1.807, 2.05) is 65.8 Å². The first kappa shape index (κ1) is 19.8. The van der Waals surface area contributed by atoms with E-state index in [0.29, 0.717) is 5.69 Å². The molecule has 4 atom stereocenters. The van der Waals surface area contributed by atoms with Crippen LogP contribution in [0.25, 0.3) is 0 Å². The Hall–Kier alpha value is -2.47. The van der Waals surface area contributed by atoms with Crippen LogP contribution >= 0.6 is 0 Å². The molecule has 0 spiro atoms. The van der Waals surface area contributed by atoms with Crippen LogP contribution in [0.3, 0.4) is 0 Å². The maximum Gasteiger partial charge on any atom is 0.241 e. The summed E-state index contributed by atoms with van der Waals surface area (Å²) < 4.78 is 6.10. The van der Waals surface area contributed by atoms with Crippen LogP contribution in [0.5, 0.6) is 0 Å². The molecule has 6 heteroatoms. The van der Waals surface area contributed by atoms with Gasteiger partial charge >= 0.3 is 0 Å². The minimum absolute atomic E-state index is 0.116. The maximum atomic E-state index is 13.5. The van der Waals surface area contributed by atoms with Crippen LogP contribution in [0, 0.1) is 38.0 Å². The van der Waals surface area contributed by atoms with Crippen LogP contribution in [0.1, 0.15) is 37.5 Å². The van der Waals surface area contributed by atoms with Crippen LogP contribution in [-0.4, -0.2) is 36.0 Å². The second-order valence-corrected chi connectivity index (χ2v) is 9.59. The number of rotatable bonds is 3. The van der Waals surface area contributed by atoms with Crippen molar-refractivity contribution in [2.75, 3.05) is 11.4 Å². The summed E-state index contributed by atoms with van der Waals surface area (Å²) in [7, 11) is 0. The van der Waals surface area contributed by atoms with Gasteiger partial charge in [-0.1, -0.05) is 50.6 Å². The molecule has 29 heavy (non-hydrogen) atoms. The second-order valence-electron chi connectivity index (χ2n) is 9.59. The fourth-order valence-electron chi connectivity index (χ4n) is 4.94. The number of anilines is 1. The van der Waals surface area contributed by atoms with E-state index in [1.54, 1.807) is 0 Å². The molecule has 0 saturated carbocycles. The van der Waals surface area contributed by atoms with E-state index in [9.17, 15) is 14.4 Å². The number of nitrogens with zero attached hydrogens (tertiary/aromatic N) is 1. The van der Waals surface area contributed by atoms with Crippen LogP contribution in [-0.2, 0) is 19.1 Å². The minimum Gasteiger partial charge on any atom is -0.360 e. The molecule has 1 N–H and O–H groups in total. The number of hydrogen-bond acceptors (Lipinski definition) is 4. The first-order chi connectivity index (χ1) is 13.5. The van der Waals surface area contributed by atoms with Crippen molar-refractivity contribution in [1.29, 1.82) is 0 Å². The number of benzene rings is 1. The number of aryl methyl sites for hydroxylation is 3. The molecule has 3 aliphatic rings. The number of carbonyl (C=O) groups excluding carboxylic acids is 3. The maximum absolute atomic E-state index is 13.5. The summed E-state index contributed by atoms with van der Waals surface area (Å²) in [5.41, 5.74) is 2.06. The fraction of sp³-hybridized carbons (Fsp3) is 0.522. The molecular weight excluding hydrogens is 368 g/mol. The van der Waals surface area contributed by atoms with Crippen molar-refractivity contribution < 1.29 is 19.1 Å². The molecular formula is C23H28N2O4. The van der Waals surface area contributed by atoms with Gasteiger partial charge in [0.05, 0.1) is 30.2 Å². The minimum atomic E-state index is -0.968. The number of fused-ring (bicyclic) bond motifs is 5. The molecule has 0 radical (unpaired) electrons. The molecule has 4 rings (SSSR count). The monoisotopic (exact) mass is 396 g/mol. The Labute approximate surface area is 171 Å². The summed E-state index contributed by atoms with van der Waals surface area (Å²) in [6.45, 7) is 11.5. The number of hydrogen-bond donors (Lipinski definition) is 1. The van der Waals surface area contributed by atoms with Gasteiger partial charge in [0.25, 0.3) is 0 Å². The Morgan fingerprint density at radius 2 is 1.76 bits per heavy atom. The highest BCUT2D eigenvalue weighted by molar-refractivity contribution is 6.24. The summed E-state index contributed by atoms with van der Waals surface area (Å²) in [6, 6.07) is 3.97. The van der Waals surface area contributed by atoms with Gasteiger partial charge in [-0.15, -0.1) is 0 Å². The van der Waals surface area contributed by atoms with Gasteiger partial charge in [-0.3, -0.25) is 14.4 Å². The second kappa shape index (κ2) is 6.26. The van der Waals surface area contributed by atoms with E-state index >= 15 is 0 Å². The molecule has 0 aliphatic carbocycles. The van der Waals surface area contributed by atoms with Crippen molar-refractivity contribution in [2.24, 2.45) is 17.3 Å². The molecule has 3 aliphatic heterocycles. The lowest BCUT2D eigenvalue weighted by molar-refractivity contribution is -0.132. The molecule has 2 saturated heterocycles. The van der Waals surface area contributed by atoms with E-state index in [0.717, 1.165) is 16.7 Å². The summed E-state index contributed by atoms with van der Waals surface area (Å²) >= 11 is 0. The molecule has 2 fully saturated rings. The van der Waals surface area contributed by atoms with E-state index in [4.69, 9.17) is 4.74 Å². The first-order valence-electron chi connectivity index (χ1n) is 10.1. The zero-order valence-electron chi connectivity index (χ0n) is 17.8. The zero-order chi connectivity index (χ0) is 21.3. The van der Waals surface area contributed by atoms with Gasteiger partial charge < -0.3 is 10.1 Å². The highest BCUT2D eigenvalue weighted by Crippen LogP contribution is 2.52. The Balaban J connectivity index is 1.68. The van der Waals surface area contributed by atoms with Crippen molar-refractivity contribution in [2.45, 2.75) is 53.2 Å². The zero-order valence-corrected chi connectivity index (χ0v) is 17.8. The van der Waals surface area contributed by atoms with Crippen molar-refractivity contribution in [3.05, 3.63) is 41.0 Å². The van der Waals surface area contributed by atoms with Gasteiger partial charge in [0.1, 0.15) is 5.60 Å². The predicted molar refractivity (Wildman–Crippen MR) is 109 cm³/mol. The lowest BCUT2D eigenvalue weighted by Crippen LogP contribution is -2.50. The van der Waals surface area contributed by atoms with Crippen LogP contribution in [0.2, 0.25) is 0 Å². The van der Waals surface area contributed by atoms with Gasteiger partial charge in [0.15, 0.2) is 0 Å². The van der Waals surface area contributed by atoms with Gasteiger partial charge in [0.2, 0.25) is 17.7 Å². The third kappa shape index (κ3) is 2.84. The highest BCUT2D eigenvalue weighted by Gasteiger charge is 2.68. The largest absolute Gasteiger partial charge is 0.360 e. The fourth-order valence-corrected chi connectivity index (χ4v) is 4.94. The molecule has 0 aromatic heterocycles. The Bertz CT molecular complexity index is 935. The third-order valence-corrected chi connectivity index (χ3v) is 6.22. The number of imide groups is 1.